The van der Waals surface area contributed by atoms with Gasteiger partial charge < -0.3 is 10.1 Å². The highest BCUT2D eigenvalue weighted by molar-refractivity contribution is 9.10. The van der Waals surface area contributed by atoms with Crippen LogP contribution in [0.25, 0.3) is 0 Å². The minimum atomic E-state index is -0.327. The van der Waals surface area contributed by atoms with Crippen LogP contribution in [0.5, 0.6) is 5.75 Å². The molecule has 0 aliphatic rings. The number of rotatable bonds is 5. The van der Waals surface area contributed by atoms with E-state index in [1.807, 2.05) is 25.2 Å². The number of methoxy groups -OCH3 is 1. The van der Waals surface area contributed by atoms with Crippen LogP contribution in [-0.2, 0) is 6.42 Å². The number of nitrogens with one attached hydrogen (secondary N) is 1. The molecule has 5 heteroatoms. The third-order valence-electron chi connectivity index (χ3n) is 3.39. The lowest BCUT2D eigenvalue weighted by Crippen LogP contribution is -2.20. The van der Waals surface area contributed by atoms with E-state index in [0.717, 1.165) is 10.0 Å². The van der Waals surface area contributed by atoms with E-state index >= 15 is 0 Å². The van der Waals surface area contributed by atoms with E-state index in [2.05, 4.69) is 21.2 Å². The molecule has 2 nitrogen and oxygen atoms in total. The molecule has 0 fully saturated rings. The Hall–Kier alpha value is -1.10. The molecule has 21 heavy (non-hydrogen) atoms. The molecule has 0 aliphatic carbocycles. The van der Waals surface area contributed by atoms with E-state index in [0.29, 0.717) is 17.0 Å². The van der Waals surface area contributed by atoms with Crippen molar-refractivity contribution >= 4 is 27.5 Å². The average molecular weight is 373 g/mol. The van der Waals surface area contributed by atoms with Gasteiger partial charge >= 0.3 is 0 Å². The summed E-state index contributed by atoms with van der Waals surface area (Å²) in [5.41, 5.74) is 1.51. The molecule has 0 spiro atoms. The molecular weight excluding hydrogens is 357 g/mol. The summed E-state index contributed by atoms with van der Waals surface area (Å²) in [4.78, 5) is 0. The molecule has 0 radical (unpaired) electrons. The first-order valence-electron chi connectivity index (χ1n) is 6.51. The van der Waals surface area contributed by atoms with Gasteiger partial charge in [0.1, 0.15) is 0 Å². The lowest BCUT2D eigenvalue weighted by molar-refractivity contribution is 0.383. The number of benzene rings is 2. The van der Waals surface area contributed by atoms with Gasteiger partial charge in [0.15, 0.2) is 11.6 Å². The van der Waals surface area contributed by atoms with Crippen molar-refractivity contribution in [2.75, 3.05) is 14.2 Å². The number of hydrogen-bond acceptors (Lipinski definition) is 2. The molecular formula is C16H16BrClFNO. The Morgan fingerprint density at radius 2 is 2.00 bits per heavy atom. The summed E-state index contributed by atoms with van der Waals surface area (Å²) < 4.78 is 20.1. The summed E-state index contributed by atoms with van der Waals surface area (Å²) in [6.45, 7) is 0. The second kappa shape index (κ2) is 7.25. The topological polar surface area (TPSA) is 21.3 Å². The van der Waals surface area contributed by atoms with E-state index in [1.54, 1.807) is 18.2 Å². The Bertz CT molecular complexity index is 636. The zero-order chi connectivity index (χ0) is 15.4. The highest BCUT2D eigenvalue weighted by atomic mass is 79.9. The molecule has 0 saturated carbocycles. The van der Waals surface area contributed by atoms with E-state index in [1.165, 1.54) is 7.11 Å². The second-order valence-corrected chi connectivity index (χ2v) is 5.85. The molecule has 1 N–H and O–H groups in total. The minimum absolute atomic E-state index is 0.0865. The quantitative estimate of drug-likeness (QED) is 0.817. The maximum Gasteiger partial charge on any atom is 0.168 e. The molecule has 0 saturated heterocycles. The molecule has 0 amide bonds. The van der Waals surface area contributed by atoms with Crippen LogP contribution in [0, 0.1) is 5.82 Å². The number of halogens is 3. The molecule has 0 bridgehead atoms. The monoisotopic (exact) mass is 371 g/mol. The van der Waals surface area contributed by atoms with Gasteiger partial charge in [0.25, 0.3) is 0 Å². The molecule has 112 valence electrons. The van der Waals surface area contributed by atoms with Crippen LogP contribution in [-0.4, -0.2) is 14.2 Å². The van der Waals surface area contributed by atoms with Crippen molar-refractivity contribution in [1.82, 2.24) is 5.32 Å². The van der Waals surface area contributed by atoms with Gasteiger partial charge in [-0.05, 0) is 52.7 Å². The smallest absolute Gasteiger partial charge is 0.168 e. The van der Waals surface area contributed by atoms with Crippen LogP contribution in [0.15, 0.2) is 40.9 Å². The maximum atomic E-state index is 14.3. The van der Waals surface area contributed by atoms with Gasteiger partial charge in [-0.3, -0.25) is 0 Å². The third kappa shape index (κ3) is 3.57. The normalized spacial score (nSPS) is 12.2. The van der Waals surface area contributed by atoms with Gasteiger partial charge in [-0.15, -0.1) is 0 Å². The fourth-order valence-corrected chi connectivity index (χ4v) is 2.89. The van der Waals surface area contributed by atoms with Crippen LogP contribution in [0.2, 0.25) is 5.02 Å². The zero-order valence-electron chi connectivity index (χ0n) is 11.8. The Kier molecular flexibility index (Phi) is 5.62. The molecule has 1 atom stereocenters. The van der Waals surface area contributed by atoms with Crippen LogP contribution in [0.4, 0.5) is 4.39 Å². The first-order valence-corrected chi connectivity index (χ1v) is 7.68. The standard InChI is InChI=1S/C16H16BrClFNO/c1-20-13(11-6-4-7-12(17)15(11)18)9-10-5-3-8-14(21-2)16(10)19/h3-8,13,20H,9H2,1-2H3. The van der Waals surface area contributed by atoms with Crippen molar-refractivity contribution < 1.29 is 9.13 Å². The van der Waals surface area contributed by atoms with Gasteiger partial charge in [0, 0.05) is 10.5 Å². The van der Waals surface area contributed by atoms with Gasteiger partial charge in [0.05, 0.1) is 12.1 Å². The van der Waals surface area contributed by atoms with Crippen molar-refractivity contribution in [2.45, 2.75) is 12.5 Å². The largest absolute Gasteiger partial charge is 0.494 e. The highest BCUT2D eigenvalue weighted by Gasteiger charge is 2.18. The van der Waals surface area contributed by atoms with Crippen LogP contribution in [0.3, 0.4) is 0 Å². The Morgan fingerprint density at radius 1 is 1.29 bits per heavy atom. The summed E-state index contributed by atoms with van der Waals surface area (Å²) in [5, 5.41) is 3.83. The first kappa shape index (κ1) is 16.3. The number of ether oxygens (including phenoxy) is 1. The van der Waals surface area contributed by atoms with Gasteiger partial charge in [0.2, 0.25) is 0 Å². The molecule has 0 aromatic heterocycles. The Labute approximate surface area is 137 Å². The summed E-state index contributed by atoms with van der Waals surface area (Å²) in [6.07, 6.45) is 0.482. The minimum Gasteiger partial charge on any atom is -0.494 e. The Morgan fingerprint density at radius 3 is 2.67 bits per heavy atom. The zero-order valence-corrected chi connectivity index (χ0v) is 14.1. The maximum absolute atomic E-state index is 14.3. The number of likely N-dealkylation sites (N-methyl/N-ethyl adjacent to an activating group) is 1. The van der Waals surface area contributed by atoms with E-state index in [9.17, 15) is 4.39 Å². The summed E-state index contributed by atoms with van der Waals surface area (Å²) in [5.74, 6) is -0.0749. The van der Waals surface area contributed by atoms with Crippen LogP contribution >= 0.6 is 27.5 Å². The molecule has 2 aromatic carbocycles. The van der Waals surface area contributed by atoms with Crippen molar-refractivity contribution in [3.8, 4) is 5.75 Å². The average Bonchev–Trinajstić information content (AvgIpc) is 2.49. The highest BCUT2D eigenvalue weighted by Crippen LogP contribution is 2.32. The van der Waals surface area contributed by atoms with Crippen molar-refractivity contribution in [2.24, 2.45) is 0 Å². The first-order chi connectivity index (χ1) is 10.1. The van der Waals surface area contributed by atoms with Gasteiger partial charge in [-0.25, -0.2) is 4.39 Å². The van der Waals surface area contributed by atoms with E-state index < -0.39 is 0 Å². The predicted octanol–water partition coefficient (Wildman–Crippen LogP) is 4.75. The van der Waals surface area contributed by atoms with Crippen LogP contribution in [0.1, 0.15) is 17.2 Å². The summed E-state index contributed by atoms with van der Waals surface area (Å²) >= 11 is 9.74. The Balaban J connectivity index is 2.34. The number of hydrogen-bond donors (Lipinski definition) is 1. The van der Waals surface area contributed by atoms with E-state index in [4.69, 9.17) is 16.3 Å². The molecule has 2 aromatic rings. The fraction of sp³-hybridized carbons (Fsp3) is 0.250. The molecule has 2 rings (SSSR count). The van der Waals surface area contributed by atoms with E-state index in [-0.39, 0.29) is 17.6 Å². The second-order valence-electron chi connectivity index (χ2n) is 4.62. The molecule has 1 unspecified atom stereocenters. The lowest BCUT2D eigenvalue weighted by Gasteiger charge is -2.19. The SMILES string of the molecule is CNC(Cc1cccc(OC)c1F)c1cccc(Br)c1Cl. The predicted molar refractivity (Wildman–Crippen MR) is 87.6 cm³/mol. The lowest BCUT2D eigenvalue weighted by atomic mass is 9.98. The fourth-order valence-electron chi connectivity index (χ4n) is 2.25. The van der Waals surface area contributed by atoms with Crippen molar-refractivity contribution in [1.29, 1.82) is 0 Å². The molecule has 0 heterocycles. The van der Waals surface area contributed by atoms with Crippen molar-refractivity contribution in [3.63, 3.8) is 0 Å². The van der Waals surface area contributed by atoms with Crippen molar-refractivity contribution in [3.05, 3.63) is 62.8 Å². The summed E-state index contributed by atoms with van der Waals surface area (Å²) in [6, 6.07) is 10.8. The van der Waals surface area contributed by atoms with Gasteiger partial charge in [-0.1, -0.05) is 35.9 Å². The van der Waals surface area contributed by atoms with Gasteiger partial charge in [-0.2, -0.15) is 0 Å². The molecule has 0 aliphatic heterocycles. The van der Waals surface area contributed by atoms with Crippen LogP contribution < -0.4 is 10.1 Å². The summed E-state index contributed by atoms with van der Waals surface area (Å²) in [7, 11) is 3.29. The third-order valence-corrected chi connectivity index (χ3v) is 4.70.